The Morgan fingerprint density at radius 2 is 2.12 bits per heavy atom. The van der Waals surface area contributed by atoms with Crippen molar-refractivity contribution in [2.75, 3.05) is 12.4 Å². The lowest BCUT2D eigenvalue weighted by atomic mass is 9.91. The smallest absolute Gasteiger partial charge is 0.213 e. The number of anilines is 1. The fourth-order valence-electron chi connectivity index (χ4n) is 2.89. The van der Waals surface area contributed by atoms with Crippen molar-refractivity contribution in [2.24, 2.45) is 11.3 Å². The Hall–Kier alpha value is -1.25. The molecule has 1 aromatic heterocycles. The second-order valence-corrected chi connectivity index (χ2v) is 5.89. The van der Waals surface area contributed by atoms with Crippen LogP contribution >= 0.6 is 0 Å². The Balaban J connectivity index is 2.01. The monoisotopic (exact) mass is 234 g/mol. The lowest BCUT2D eigenvalue weighted by molar-refractivity contribution is 0.366. The van der Waals surface area contributed by atoms with Crippen LogP contribution in [0.25, 0.3) is 0 Å². The van der Waals surface area contributed by atoms with Gasteiger partial charge in [-0.1, -0.05) is 20.8 Å². The lowest BCUT2D eigenvalue weighted by Crippen LogP contribution is -2.22. The number of methoxy groups -OCH3 is 1. The van der Waals surface area contributed by atoms with E-state index in [4.69, 9.17) is 4.74 Å². The number of ether oxygens (including phenoxy) is 1. The second kappa shape index (κ2) is 4.55. The molecular formula is C14H22N2O. The number of nitrogens with zero attached hydrogens (tertiary/aromatic N) is 1. The van der Waals surface area contributed by atoms with Gasteiger partial charge in [-0.05, 0) is 30.2 Å². The summed E-state index contributed by atoms with van der Waals surface area (Å²) in [6.45, 7) is 7.01. The summed E-state index contributed by atoms with van der Waals surface area (Å²) >= 11 is 0. The highest BCUT2D eigenvalue weighted by molar-refractivity contribution is 5.43. The highest BCUT2D eigenvalue weighted by atomic mass is 16.5. The molecular weight excluding hydrogens is 212 g/mol. The van der Waals surface area contributed by atoms with E-state index in [0.717, 1.165) is 5.69 Å². The molecule has 0 saturated heterocycles. The van der Waals surface area contributed by atoms with Crippen LogP contribution in [0.5, 0.6) is 5.88 Å². The molecule has 1 heterocycles. The van der Waals surface area contributed by atoms with E-state index >= 15 is 0 Å². The summed E-state index contributed by atoms with van der Waals surface area (Å²) in [6, 6.07) is 4.48. The zero-order valence-corrected chi connectivity index (χ0v) is 11.2. The number of hydrogen-bond donors (Lipinski definition) is 1. The molecule has 1 N–H and O–H groups in total. The minimum absolute atomic E-state index is 0.455. The van der Waals surface area contributed by atoms with Crippen LogP contribution in [0, 0.1) is 11.3 Å². The zero-order chi connectivity index (χ0) is 12.5. The number of nitrogens with one attached hydrogen (secondary N) is 1. The molecule has 1 aliphatic carbocycles. The number of rotatable bonds is 3. The topological polar surface area (TPSA) is 34.1 Å². The Labute approximate surface area is 104 Å². The normalized spacial score (nSPS) is 26.8. The molecule has 0 amide bonds. The third-order valence-electron chi connectivity index (χ3n) is 3.63. The predicted octanol–water partition coefficient (Wildman–Crippen LogP) is 3.33. The van der Waals surface area contributed by atoms with Crippen LogP contribution in [0.2, 0.25) is 0 Å². The van der Waals surface area contributed by atoms with Crippen molar-refractivity contribution in [2.45, 2.75) is 39.7 Å². The Bertz CT molecular complexity index is 372. The van der Waals surface area contributed by atoms with Gasteiger partial charge in [-0.25, -0.2) is 4.98 Å². The first-order valence-corrected chi connectivity index (χ1v) is 6.27. The molecule has 3 heteroatoms. The maximum absolute atomic E-state index is 5.05. The molecule has 2 rings (SSSR count). The van der Waals surface area contributed by atoms with Gasteiger partial charge in [0, 0.05) is 12.1 Å². The predicted molar refractivity (Wildman–Crippen MR) is 70.4 cm³/mol. The Morgan fingerprint density at radius 3 is 2.59 bits per heavy atom. The van der Waals surface area contributed by atoms with E-state index in [1.807, 2.05) is 18.3 Å². The van der Waals surface area contributed by atoms with Crippen LogP contribution in [0.3, 0.4) is 0 Å². The zero-order valence-electron chi connectivity index (χ0n) is 11.2. The van der Waals surface area contributed by atoms with Crippen LogP contribution in [0.1, 0.15) is 33.6 Å². The van der Waals surface area contributed by atoms with Gasteiger partial charge < -0.3 is 10.1 Å². The quantitative estimate of drug-likeness (QED) is 0.871. The molecule has 1 saturated carbocycles. The molecule has 0 aliphatic heterocycles. The molecule has 1 aliphatic rings. The standard InChI is InChI=1S/C14H22N2O/c1-10-7-14(2,3)8-12(10)16-11-5-6-13(17-4)15-9-11/h5-6,9-10,12,16H,7-8H2,1-4H3. The molecule has 0 aromatic carbocycles. The van der Waals surface area contributed by atoms with E-state index in [-0.39, 0.29) is 0 Å². The van der Waals surface area contributed by atoms with Crippen molar-refractivity contribution < 1.29 is 4.74 Å². The maximum atomic E-state index is 5.05. The summed E-state index contributed by atoms with van der Waals surface area (Å²) in [7, 11) is 1.64. The number of aromatic nitrogens is 1. The highest BCUT2D eigenvalue weighted by Gasteiger charge is 2.36. The molecule has 3 nitrogen and oxygen atoms in total. The van der Waals surface area contributed by atoms with E-state index in [0.29, 0.717) is 23.3 Å². The summed E-state index contributed by atoms with van der Waals surface area (Å²) in [5.41, 5.74) is 1.54. The molecule has 2 unspecified atom stereocenters. The number of hydrogen-bond acceptors (Lipinski definition) is 3. The van der Waals surface area contributed by atoms with Crippen LogP contribution < -0.4 is 10.1 Å². The van der Waals surface area contributed by atoms with E-state index < -0.39 is 0 Å². The van der Waals surface area contributed by atoms with Gasteiger partial charge in [-0.15, -0.1) is 0 Å². The fourth-order valence-corrected chi connectivity index (χ4v) is 2.89. The molecule has 0 bridgehead atoms. The average Bonchev–Trinajstić information content (AvgIpc) is 2.53. The van der Waals surface area contributed by atoms with Gasteiger partial charge in [-0.3, -0.25) is 0 Å². The van der Waals surface area contributed by atoms with Crippen LogP contribution in [0.15, 0.2) is 18.3 Å². The molecule has 17 heavy (non-hydrogen) atoms. The minimum Gasteiger partial charge on any atom is -0.481 e. The summed E-state index contributed by atoms with van der Waals surface area (Å²) in [4.78, 5) is 4.22. The summed E-state index contributed by atoms with van der Waals surface area (Å²) in [6.07, 6.45) is 4.35. The van der Waals surface area contributed by atoms with Gasteiger partial charge in [0.2, 0.25) is 5.88 Å². The number of pyridine rings is 1. The Kier molecular flexibility index (Phi) is 3.27. The van der Waals surface area contributed by atoms with Gasteiger partial charge in [0.15, 0.2) is 0 Å². The molecule has 94 valence electrons. The van der Waals surface area contributed by atoms with Gasteiger partial charge in [0.05, 0.1) is 19.0 Å². The third kappa shape index (κ3) is 2.90. The first-order valence-electron chi connectivity index (χ1n) is 6.27. The van der Waals surface area contributed by atoms with Gasteiger partial charge in [0.25, 0.3) is 0 Å². The largest absolute Gasteiger partial charge is 0.481 e. The summed E-state index contributed by atoms with van der Waals surface area (Å²) in [5.74, 6) is 1.38. The van der Waals surface area contributed by atoms with E-state index in [1.165, 1.54) is 12.8 Å². The summed E-state index contributed by atoms with van der Waals surface area (Å²) in [5, 5.41) is 3.58. The summed E-state index contributed by atoms with van der Waals surface area (Å²) < 4.78 is 5.05. The van der Waals surface area contributed by atoms with Crippen molar-refractivity contribution in [3.8, 4) is 5.88 Å². The van der Waals surface area contributed by atoms with Crippen molar-refractivity contribution in [1.82, 2.24) is 4.98 Å². The second-order valence-electron chi connectivity index (χ2n) is 5.89. The van der Waals surface area contributed by atoms with Crippen LogP contribution in [0.4, 0.5) is 5.69 Å². The minimum atomic E-state index is 0.455. The molecule has 1 fully saturated rings. The fraction of sp³-hybridized carbons (Fsp3) is 0.643. The molecule has 0 radical (unpaired) electrons. The van der Waals surface area contributed by atoms with E-state index in [2.05, 4.69) is 31.1 Å². The van der Waals surface area contributed by atoms with E-state index in [9.17, 15) is 0 Å². The maximum Gasteiger partial charge on any atom is 0.213 e. The van der Waals surface area contributed by atoms with Crippen molar-refractivity contribution in [3.05, 3.63) is 18.3 Å². The van der Waals surface area contributed by atoms with Crippen LogP contribution in [-0.2, 0) is 0 Å². The first-order chi connectivity index (χ1) is 8.00. The van der Waals surface area contributed by atoms with Crippen molar-refractivity contribution >= 4 is 5.69 Å². The molecule has 1 aromatic rings. The third-order valence-corrected chi connectivity index (χ3v) is 3.63. The van der Waals surface area contributed by atoms with Crippen molar-refractivity contribution in [1.29, 1.82) is 0 Å². The lowest BCUT2D eigenvalue weighted by Gasteiger charge is -2.19. The highest BCUT2D eigenvalue weighted by Crippen LogP contribution is 2.42. The molecule has 0 spiro atoms. The van der Waals surface area contributed by atoms with Gasteiger partial charge in [-0.2, -0.15) is 0 Å². The van der Waals surface area contributed by atoms with Crippen LogP contribution in [-0.4, -0.2) is 18.1 Å². The average molecular weight is 234 g/mol. The van der Waals surface area contributed by atoms with E-state index in [1.54, 1.807) is 7.11 Å². The Morgan fingerprint density at radius 1 is 1.35 bits per heavy atom. The van der Waals surface area contributed by atoms with Gasteiger partial charge >= 0.3 is 0 Å². The van der Waals surface area contributed by atoms with Gasteiger partial charge in [0.1, 0.15) is 0 Å². The van der Waals surface area contributed by atoms with Crippen molar-refractivity contribution in [3.63, 3.8) is 0 Å². The first kappa shape index (κ1) is 12.2. The SMILES string of the molecule is COc1ccc(NC2CC(C)(C)CC2C)cn1. The molecule has 2 atom stereocenters.